The Morgan fingerprint density at radius 3 is 2.44 bits per heavy atom. The lowest BCUT2D eigenvalue weighted by molar-refractivity contribution is 0.109. The van der Waals surface area contributed by atoms with E-state index in [-0.39, 0.29) is 12.5 Å². The van der Waals surface area contributed by atoms with Gasteiger partial charge in [0.1, 0.15) is 5.67 Å². The molecule has 16 heavy (non-hydrogen) atoms. The van der Waals surface area contributed by atoms with Gasteiger partial charge in [-0.2, -0.15) is 5.10 Å². The zero-order valence-electron chi connectivity index (χ0n) is 10.6. The van der Waals surface area contributed by atoms with Gasteiger partial charge in [0.25, 0.3) is 0 Å². The van der Waals surface area contributed by atoms with Gasteiger partial charge in [-0.1, -0.05) is 13.8 Å². The molecule has 0 saturated heterocycles. The summed E-state index contributed by atoms with van der Waals surface area (Å²) >= 11 is 0. The Kier molecular flexibility index (Phi) is 4.08. The van der Waals surface area contributed by atoms with Crippen LogP contribution in [0.5, 0.6) is 0 Å². The highest BCUT2D eigenvalue weighted by Crippen LogP contribution is 2.25. The standard InChI is InChI=1S/C12H22FN3/c1-9(2)12(13,8-14)7-11-5-6-16(15-11)10(3)4/h5-6,9-10H,7-8,14H2,1-4H3. The Hall–Kier alpha value is -0.900. The van der Waals surface area contributed by atoms with Crippen molar-refractivity contribution in [2.45, 2.75) is 45.8 Å². The van der Waals surface area contributed by atoms with Crippen LogP contribution in [0.3, 0.4) is 0 Å². The van der Waals surface area contributed by atoms with Crippen LogP contribution in [0.15, 0.2) is 12.3 Å². The first-order valence-electron chi connectivity index (χ1n) is 5.82. The van der Waals surface area contributed by atoms with Crippen molar-refractivity contribution in [2.75, 3.05) is 6.54 Å². The topological polar surface area (TPSA) is 43.8 Å². The summed E-state index contributed by atoms with van der Waals surface area (Å²) in [6, 6.07) is 2.17. The second-order valence-electron chi connectivity index (χ2n) is 4.95. The number of alkyl halides is 1. The smallest absolute Gasteiger partial charge is 0.131 e. The van der Waals surface area contributed by atoms with Crippen molar-refractivity contribution in [3.63, 3.8) is 0 Å². The molecule has 2 N–H and O–H groups in total. The number of hydrogen-bond acceptors (Lipinski definition) is 2. The molecule has 0 bridgehead atoms. The van der Waals surface area contributed by atoms with Crippen LogP contribution in [0.2, 0.25) is 0 Å². The lowest BCUT2D eigenvalue weighted by Gasteiger charge is -2.26. The first kappa shape index (κ1) is 13.2. The molecule has 3 nitrogen and oxygen atoms in total. The second-order valence-corrected chi connectivity index (χ2v) is 4.95. The lowest BCUT2D eigenvalue weighted by atomic mass is 9.88. The van der Waals surface area contributed by atoms with Crippen molar-refractivity contribution in [1.82, 2.24) is 9.78 Å². The normalized spacial score (nSPS) is 15.8. The summed E-state index contributed by atoms with van der Waals surface area (Å²) in [6.45, 7) is 7.84. The molecule has 0 radical (unpaired) electrons. The summed E-state index contributed by atoms with van der Waals surface area (Å²) in [6.07, 6.45) is 2.18. The van der Waals surface area contributed by atoms with Crippen LogP contribution < -0.4 is 5.73 Å². The van der Waals surface area contributed by atoms with Crippen LogP contribution in [0.25, 0.3) is 0 Å². The number of rotatable bonds is 5. The zero-order chi connectivity index (χ0) is 12.3. The quantitative estimate of drug-likeness (QED) is 0.839. The summed E-state index contributed by atoms with van der Waals surface area (Å²) in [5, 5.41) is 4.35. The third-order valence-electron chi connectivity index (χ3n) is 3.04. The third kappa shape index (κ3) is 2.82. The highest BCUT2D eigenvalue weighted by Gasteiger charge is 2.33. The molecule has 1 rings (SSSR count). The van der Waals surface area contributed by atoms with Crippen LogP contribution in [0.4, 0.5) is 4.39 Å². The summed E-state index contributed by atoms with van der Waals surface area (Å²) < 4.78 is 16.2. The monoisotopic (exact) mass is 227 g/mol. The van der Waals surface area contributed by atoms with Crippen LogP contribution in [0, 0.1) is 5.92 Å². The first-order chi connectivity index (χ1) is 7.39. The minimum absolute atomic E-state index is 0.0409. The molecule has 1 aromatic rings. The van der Waals surface area contributed by atoms with Gasteiger partial charge in [-0.15, -0.1) is 0 Å². The summed E-state index contributed by atoms with van der Waals surface area (Å²) in [7, 11) is 0. The van der Waals surface area contributed by atoms with E-state index in [2.05, 4.69) is 5.10 Å². The van der Waals surface area contributed by atoms with Gasteiger partial charge < -0.3 is 5.73 Å². The molecule has 0 amide bonds. The van der Waals surface area contributed by atoms with Gasteiger partial charge in [-0.25, -0.2) is 4.39 Å². The molecule has 0 aliphatic rings. The zero-order valence-corrected chi connectivity index (χ0v) is 10.6. The number of aromatic nitrogens is 2. The van der Waals surface area contributed by atoms with Crippen LogP contribution in [-0.4, -0.2) is 22.0 Å². The Balaban J connectivity index is 2.78. The predicted molar refractivity (Wildman–Crippen MR) is 64.0 cm³/mol. The average molecular weight is 227 g/mol. The van der Waals surface area contributed by atoms with E-state index < -0.39 is 5.67 Å². The predicted octanol–water partition coefficient (Wildman–Crippen LogP) is 2.33. The summed E-state index contributed by atoms with van der Waals surface area (Å²) in [5.41, 5.74) is 4.94. The Bertz CT molecular complexity index is 333. The van der Waals surface area contributed by atoms with E-state index in [0.29, 0.717) is 12.5 Å². The van der Waals surface area contributed by atoms with E-state index in [0.717, 1.165) is 5.69 Å². The molecule has 1 aromatic heterocycles. The number of hydrogen-bond donors (Lipinski definition) is 1. The van der Waals surface area contributed by atoms with E-state index in [1.165, 1.54) is 0 Å². The van der Waals surface area contributed by atoms with Crippen LogP contribution in [0.1, 0.15) is 39.4 Å². The molecule has 0 aromatic carbocycles. The minimum Gasteiger partial charge on any atom is -0.328 e. The van der Waals surface area contributed by atoms with E-state index >= 15 is 0 Å². The van der Waals surface area contributed by atoms with E-state index in [9.17, 15) is 4.39 Å². The average Bonchev–Trinajstić information content (AvgIpc) is 2.65. The van der Waals surface area contributed by atoms with Crippen LogP contribution in [-0.2, 0) is 6.42 Å². The first-order valence-corrected chi connectivity index (χ1v) is 5.82. The maximum Gasteiger partial charge on any atom is 0.131 e. The molecule has 4 heteroatoms. The number of nitrogens with two attached hydrogens (primary N) is 1. The molecule has 0 spiro atoms. The van der Waals surface area contributed by atoms with Crippen molar-refractivity contribution in [3.05, 3.63) is 18.0 Å². The molecular weight excluding hydrogens is 205 g/mol. The molecule has 1 heterocycles. The van der Waals surface area contributed by atoms with Gasteiger partial charge in [0.2, 0.25) is 0 Å². The van der Waals surface area contributed by atoms with Gasteiger partial charge in [0.05, 0.1) is 5.69 Å². The van der Waals surface area contributed by atoms with Crippen molar-refractivity contribution in [3.8, 4) is 0 Å². The maximum absolute atomic E-state index is 14.4. The fourth-order valence-corrected chi connectivity index (χ4v) is 1.57. The Labute approximate surface area is 96.8 Å². The van der Waals surface area contributed by atoms with Crippen molar-refractivity contribution in [2.24, 2.45) is 11.7 Å². The van der Waals surface area contributed by atoms with Crippen molar-refractivity contribution < 1.29 is 4.39 Å². The fourth-order valence-electron chi connectivity index (χ4n) is 1.57. The molecule has 1 unspecified atom stereocenters. The summed E-state index contributed by atoms with van der Waals surface area (Å²) in [5.74, 6) is -0.0956. The van der Waals surface area contributed by atoms with Gasteiger partial charge in [0, 0.05) is 25.2 Å². The largest absolute Gasteiger partial charge is 0.328 e. The molecule has 0 fully saturated rings. The summed E-state index contributed by atoms with van der Waals surface area (Å²) in [4.78, 5) is 0. The Morgan fingerprint density at radius 1 is 1.44 bits per heavy atom. The lowest BCUT2D eigenvalue weighted by Crippen LogP contribution is -2.40. The maximum atomic E-state index is 14.4. The molecule has 0 aliphatic heterocycles. The number of nitrogens with zero attached hydrogens (tertiary/aromatic N) is 2. The molecule has 1 atom stereocenters. The minimum atomic E-state index is -1.35. The van der Waals surface area contributed by atoms with E-state index in [1.807, 2.05) is 44.6 Å². The highest BCUT2D eigenvalue weighted by molar-refractivity contribution is 5.06. The van der Waals surface area contributed by atoms with Gasteiger partial charge in [-0.3, -0.25) is 4.68 Å². The highest BCUT2D eigenvalue weighted by atomic mass is 19.1. The van der Waals surface area contributed by atoms with Crippen molar-refractivity contribution >= 4 is 0 Å². The SMILES string of the molecule is CC(C)n1ccc(CC(F)(CN)C(C)C)n1. The van der Waals surface area contributed by atoms with Crippen LogP contribution >= 0.6 is 0 Å². The molecule has 92 valence electrons. The molecule has 0 aliphatic carbocycles. The van der Waals surface area contributed by atoms with E-state index in [4.69, 9.17) is 5.73 Å². The molecular formula is C12H22FN3. The Morgan fingerprint density at radius 2 is 2.06 bits per heavy atom. The van der Waals surface area contributed by atoms with Gasteiger partial charge in [-0.05, 0) is 25.8 Å². The number of halogens is 1. The molecule has 0 saturated carbocycles. The fraction of sp³-hybridized carbons (Fsp3) is 0.750. The van der Waals surface area contributed by atoms with Gasteiger partial charge in [0.15, 0.2) is 0 Å². The van der Waals surface area contributed by atoms with E-state index in [1.54, 1.807) is 0 Å². The second kappa shape index (κ2) is 4.95. The van der Waals surface area contributed by atoms with Crippen molar-refractivity contribution in [1.29, 1.82) is 0 Å². The third-order valence-corrected chi connectivity index (χ3v) is 3.04. The van der Waals surface area contributed by atoms with Gasteiger partial charge >= 0.3 is 0 Å².